The Morgan fingerprint density at radius 1 is 1.29 bits per heavy atom. The Hall–Kier alpha value is -2.17. The van der Waals surface area contributed by atoms with Crippen LogP contribution in [-0.4, -0.2) is 26.1 Å². The Bertz CT molecular complexity index is 555. The average molecular weight is 229 g/mol. The predicted octanol–water partition coefficient (Wildman–Crippen LogP) is 1.84. The van der Waals surface area contributed by atoms with Crippen LogP contribution in [0, 0.1) is 0 Å². The zero-order valence-electron chi connectivity index (χ0n) is 9.08. The third-order valence-electron chi connectivity index (χ3n) is 2.89. The van der Waals surface area contributed by atoms with Gasteiger partial charge in [0, 0.05) is 5.92 Å². The summed E-state index contributed by atoms with van der Waals surface area (Å²) in [5.41, 5.74) is 2.12. The van der Waals surface area contributed by atoms with Crippen LogP contribution in [0.15, 0.2) is 30.5 Å². The normalized spacial score (nSPS) is 14.8. The Balaban J connectivity index is 1.89. The van der Waals surface area contributed by atoms with Gasteiger partial charge in [-0.3, -0.25) is 0 Å². The molecule has 5 heteroatoms. The Kier molecular flexibility index (Phi) is 2.18. The first kappa shape index (κ1) is 10.0. The Labute approximate surface area is 97.7 Å². The molecule has 2 aromatic rings. The van der Waals surface area contributed by atoms with E-state index in [0.29, 0.717) is 5.92 Å². The molecule has 0 aliphatic heterocycles. The lowest BCUT2D eigenvalue weighted by Crippen LogP contribution is -1.98. The second-order valence-electron chi connectivity index (χ2n) is 4.21. The molecule has 3 rings (SSSR count). The maximum Gasteiger partial charge on any atom is 0.335 e. The van der Waals surface area contributed by atoms with Gasteiger partial charge >= 0.3 is 5.97 Å². The van der Waals surface area contributed by atoms with Gasteiger partial charge in [0.1, 0.15) is 0 Å². The first-order valence-corrected chi connectivity index (χ1v) is 5.50. The highest BCUT2D eigenvalue weighted by atomic mass is 16.4. The van der Waals surface area contributed by atoms with Crippen LogP contribution in [0.4, 0.5) is 0 Å². The molecule has 17 heavy (non-hydrogen) atoms. The highest BCUT2D eigenvalue weighted by molar-refractivity contribution is 5.87. The third-order valence-corrected chi connectivity index (χ3v) is 2.89. The van der Waals surface area contributed by atoms with Gasteiger partial charge in [-0.15, -0.1) is 5.10 Å². The summed E-state index contributed by atoms with van der Waals surface area (Å²) in [5, 5.41) is 16.9. The largest absolute Gasteiger partial charge is 0.478 e. The quantitative estimate of drug-likeness (QED) is 0.872. The topological polar surface area (TPSA) is 68.0 Å². The van der Waals surface area contributed by atoms with Crippen molar-refractivity contribution in [1.82, 2.24) is 15.0 Å². The van der Waals surface area contributed by atoms with Crippen molar-refractivity contribution in [1.29, 1.82) is 0 Å². The third kappa shape index (κ3) is 1.91. The number of aromatic nitrogens is 3. The van der Waals surface area contributed by atoms with Crippen molar-refractivity contribution in [2.75, 3.05) is 0 Å². The second kappa shape index (κ2) is 3.69. The summed E-state index contributed by atoms with van der Waals surface area (Å²) < 4.78 is 1.68. The Morgan fingerprint density at radius 2 is 2.00 bits per heavy atom. The van der Waals surface area contributed by atoms with E-state index >= 15 is 0 Å². The summed E-state index contributed by atoms with van der Waals surface area (Å²) in [6.07, 6.45) is 4.29. The lowest BCUT2D eigenvalue weighted by atomic mass is 10.2. The number of hydrogen-bond donors (Lipinski definition) is 1. The highest BCUT2D eigenvalue weighted by Gasteiger charge is 2.26. The van der Waals surface area contributed by atoms with Crippen molar-refractivity contribution in [3.8, 4) is 5.69 Å². The lowest BCUT2D eigenvalue weighted by Gasteiger charge is -2.00. The molecule has 1 N–H and O–H groups in total. The fourth-order valence-corrected chi connectivity index (χ4v) is 1.73. The number of rotatable bonds is 3. The van der Waals surface area contributed by atoms with Crippen LogP contribution in [0.3, 0.4) is 0 Å². The molecule has 0 unspecified atom stereocenters. The molecule has 0 spiro atoms. The molecule has 0 atom stereocenters. The summed E-state index contributed by atoms with van der Waals surface area (Å²) in [4.78, 5) is 10.7. The minimum Gasteiger partial charge on any atom is -0.478 e. The Morgan fingerprint density at radius 3 is 2.59 bits per heavy atom. The molecule has 5 nitrogen and oxygen atoms in total. The van der Waals surface area contributed by atoms with Crippen molar-refractivity contribution < 1.29 is 9.90 Å². The van der Waals surface area contributed by atoms with E-state index in [0.717, 1.165) is 11.4 Å². The maximum atomic E-state index is 10.7. The average Bonchev–Trinajstić information content (AvgIpc) is 3.07. The van der Waals surface area contributed by atoms with Crippen molar-refractivity contribution in [2.24, 2.45) is 0 Å². The fraction of sp³-hybridized carbons (Fsp3) is 0.250. The maximum absolute atomic E-state index is 10.7. The number of aromatic carboxylic acids is 1. The van der Waals surface area contributed by atoms with Gasteiger partial charge in [-0.1, -0.05) is 5.21 Å². The SMILES string of the molecule is O=C(O)c1ccc(-n2cc(C3CC3)nn2)cc1. The minimum atomic E-state index is -0.922. The molecule has 1 saturated carbocycles. The lowest BCUT2D eigenvalue weighted by molar-refractivity contribution is 0.0697. The van der Waals surface area contributed by atoms with E-state index in [1.807, 2.05) is 6.20 Å². The van der Waals surface area contributed by atoms with Gasteiger partial charge in [-0.25, -0.2) is 9.48 Å². The number of carboxylic acids is 1. The number of benzene rings is 1. The molecule has 1 heterocycles. The highest BCUT2D eigenvalue weighted by Crippen LogP contribution is 2.38. The monoisotopic (exact) mass is 229 g/mol. The standard InChI is InChI=1S/C12H11N3O2/c16-12(17)9-3-5-10(6-4-9)15-7-11(13-14-15)8-1-2-8/h3-8H,1-2H2,(H,16,17). The van der Waals surface area contributed by atoms with Crippen LogP contribution in [0.2, 0.25) is 0 Å². The molecule has 1 aliphatic carbocycles. The smallest absolute Gasteiger partial charge is 0.335 e. The van der Waals surface area contributed by atoms with E-state index in [1.165, 1.54) is 12.8 Å². The summed E-state index contributed by atoms with van der Waals surface area (Å²) in [6.45, 7) is 0. The fourth-order valence-electron chi connectivity index (χ4n) is 1.73. The van der Waals surface area contributed by atoms with Gasteiger partial charge in [0.05, 0.1) is 23.1 Å². The van der Waals surface area contributed by atoms with Gasteiger partial charge in [-0.05, 0) is 37.1 Å². The van der Waals surface area contributed by atoms with E-state index in [2.05, 4.69) is 10.3 Å². The van der Waals surface area contributed by atoms with Gasteiger partial charge in [-0.2, -0.15) is 0 Å². The van der Waals surface area contributed by atoms with Crippen LogP contribution < -0.4 is 0 Å². The van der Waals surface area contributed by atoms with Crippen LogP contribution in [0.1, 0.15) is 34.8 Å². The summed E-state index contributed by atoms with van der Waals surface area (Å²) in [5.74, 6) is -0.351. The van der Waals surface area contributed by atoms with Gasteiger partial charge in [0.25, 0.3) is 0 Å². The predicted molar refractivity (Wildman–Crippen MR) is 60.3 cm³/mol. The number of hydrogen-bond acceptors (Lipinski definition) is 3. The van der Waals surface area contributed by atoms with E-state index < -0.39 is 5.97 Å². The zero-order chi connectivity index (χ0) is 11.8. The summed E-state index contributed by atoms with van der Waals surface area (Å²) in [7, 11) is 0. The molecular weight excluding hydrogens is 218 g/mol. The molecule has 0 radical (unpaired) electrons. The van der Waals surface area contributed by atoms with Crippen molar-refractivity contribution in [2.45, 2.75) is 18.8 Å². The molecule has 86 valence electrons. The van der Waals surface area contributed by atoms with Gasteiger partial charge in [0.15, 0.2) is 0 Å². The van der Waals surface area contributed by atoms with E-state index in [1.54, 1.807) is 28.9 Å². The molecular formula is C12H11N3O2. The summed E-state index contributed by atoms with van der Waals surface area (Å²) in [6, 6.07) is 6.59. The molecule has 1 aliphatic rings. The number of carbonyl (C=O) groups is 1. The van der Waals surface area contributed by atoms with Crippen LogP contribution in [-0.2, 0) is 0 Å². The van der Waals surface area contributed by atoms with E-state index in [-0.39, 0.29) is 5.56 Å². The first-order chi connectivity index (χ1) is 8.24. The van der Waals surface area contributed by atoms with Crippen LogP contribution in [0.5, 0.6) is 0 Å². The summed E-state index contributed by atoms with van der Waals surface area (Å²) >= 11 is 0. The molecule has 0 bridgehead atoms. The zero-order valence-corrected chi connectivity index (χ0v) is 9.08. The number of carboxylic acid groups (broad SMARTS) is 1. The first-order valence-electron chi connectivity index (χ1n) is 5.50. The molecule has 1 aromatic carbocycles. The van der Waals surface area contributed by atoms with Crippen LogP contribution in [0.25, 0.3) is 5.69 Å². The molecule has 1 aromatic heterocycles. The van der Waals surface area contributed by atoms with Gasteiger partial charge < -0.3 is 5.11 Å². The minimum absolute atomic E-state index is 0.274. The van der Waals surface area contributed by atoms with Crippen LogP contribution >= 0.6 is 0 Å². The van der Waals surface area contributed by atoms with Crippen molar-refractivity contribution in [3.05, 3.63) is 41.7 Å². The van der Waals surface area contributed by atoms with Gasteiger partial charge in [0.2, 0.25) is 0 Å². The second-order valence-corrected chi connectivity index (χ2v) is 4.21. The molecule has 0 saturated heterocycles. The van der Waals surface area contributed by atoms with E-state index in [4.69, 9.17) is 5.11 Å². The molecule has 1 fully saturated rings. The molecule has 0 amide bonds. The number of nitrogens with zero attached hydrogens (tertiary/aromatic N) is 3. The van der Waals surface area contributed by atoms with Crippen molar-refractivity contribution in [3.63, 3.8) is 0 Å². The van der Waals surface area contributed by atoms with E-state index in [9.17, 15) is 4.79 Å². The van der Waals surface area contributed by atoms with Crippen molar-refractivity contribution >= 4 is 5.97 Å².